The Morgan fingerprint density at radius 2 is 1.94 bits per heavy atom. The molecular weight excluding hydrogens is 337 g/mol. The second-order valence-corrected chi connectivity index (χ2v) is 5.63. The van der Waals surface area contributed by atoms with Crippen LogP contribution >= 0.6 is 39.1 Å². The number of hydrogen-bond acceptors (Lipinski definition) is 2. The third-order valence-corrected chi connectivity index (χ3v) is 3.70. The summed E-state index contributed by atoms with van der Waals surface area (Å²) in [5.74, 6) is 0. The number of benzene rings is 1. The minimum atomic E-state index is -0.618. The van der Waals surface area contributed by atoms with Crippen LogP contribution < -0.4 is 0 Å². The lowest BCUT2D eigenvalue weighted by molar-refractivity contribution is 0.178. The summed E-state index contributed by atoms with van der Waals surface area (Å²) in [5, 5.41) is 11.1. The highest BCUT2D eigenvalue weighted by atomic mass is 79.9. The second kappa shape index (κ2) is 6.02. The predicted molar refractivity (Wildman–Crippen MR) is 77.1 cm³/mol. The number of pyridine rings is 1. The zero-order chi connectivity index (χ0) is 13.1. The van der Waals surface area contributed by atoms with E-state index in [1.54, 1.807) is 24.5 Å². The molecule has 2 rings (SSSR count). The minimum Gasteiger partial charge on any atom is -0.388 e. The maximum atomic E-state index is 10.1. The maximum absolute atomic E-state index is 10.1. The van der Waals surface area contributed by atoms with Gasteiger partial charge in [-0.3, -0.25) is 4.98 Å². The first-order valence-corrected chi connectivity index (χ1v) is 6.83. The average Bonchev–Trinajstić information content (AvgIpc) is 2.34. The number of hydrogen-bond donors (Lipinski definition) is 1. The van der Waals surface area contributed by atoms with Gasteiger partial charge in [-0.15, -0.1) is 0 Å². The van der Waals surface area contributed by atoms with Crippen molar-refractivity contribution in [2.24, 2.45) is 0 Å². The van der Waals surface area contributed by atoms with Crippen molar-refractivity contribution in [1.82, 2.24) is 4.98 Å². The molecule has 0 bridgehead atoms. The fraction of sp³-hybridized carbons (Fsp3) is 0.154. The lowest BCUT2D eigenvalue weighted by Gasteiger charge is -2.11. The number of aliphatic hydroxyl groups is 1. The standard InChI is InChI=1S/C13H10BrCl2NO/c14-10-5-9(6-17-7-10)13(18)4-8-1-2-11(15)12(16)3-8/h1-3,5-7,13,18H,4H2. The Bertz CT molecular complexity index is 562. The Balaban J connectivity index is 2.16. The molecule has 18 heavy (non-hydrogen) atoms. The van der Waals surface area contributed by atoms with Crippen LogP contribution in [-0.4, -0.2) is 10.1 Å². The number of nitrogens with zero attached hydrogens (tertiary/aromatic N) is 1. The smallest absolute Gasteiger partial charge is 0.0845 e. The van der Waals surface area contributed by atoms with Crippen LogP contribution in [0.5, 0.6) is 0 Å². The van der Waals surface area contributed by atoms with Gasteiger partial charge in [0.25, 0.3) is 0 Å². The molecule has 0 aliphatic heterocycles. The molecule has 0 saturated carbocycles. The van der Waals surface area contributed by atoms with Gasteiger partial charge in [-0.2, -0.15) is 0 Å². The predicted octanol–water partition coefficient (Wildman–Crippen LogP) is 4.43. The summed E-state index contributed by atoms with van der Waals surface area (Å²) in [6.45, 7) is 0. The molecule has 0 saturated heterocycles. The number of halogens is 3. The summed E-state index contributed by atoms with van der Waals surface area (Å²) in [7, 11) is 0. The molecule has 0 amide bonds. The molecule has 1 unspecified atom stereocenters. The largest absolute Gasteiger partial charge is 0.388 e. The first kappa shape index (κ1) is 13.8. The summed E-state index contributed by atoms with van der Waals surface area (Å²) in [6, 6.07) is 7.18. The van der Waals surface area contributed by atoms with Gasteiger partial charge in [0.15, 0.2) is 0 Å². The van der Waals surface area contributed by atoms with Crippen molar-refractivity contribution in [1.29, 1.82) is 0 Å². The van der Waals surface area contributed by atoms with E-state index in [9.17, 15) is 5.11 Å². The van der Waals surface area contributed by atoms with E-state index >= 15 is 0 Å². The SMILES string of the molecule is OC(Cc1ccc(Cl)c(Cl)c1)c1cncc(Br)c1. The van der Waals surface area contributed by atoms with E-state index in [2.05, 4.69) is 20.9 Å². The molecule has 1 aromatic carbocycles. The van der Waals surface area contributed by atoms with Gasteiger partial charge in [0, 0.05) is 28.9 Å². The summed E-state index contributed by atoms with van der Waals surface area (Å²) >= 11 is 15.1. The summed E-state index contributed by atoms with van der Waals surface area (Å²) in [5.41, 5.74) is 1.69. The zero-order valence-corrected chi connectivity index (χ0v) is 12.4. The molecule has 1 aromatic heterocycles. The third kappa shape index (κ3) is 3.45. The monoisotopic (exact) mass is 345 g/mol. The van der Waals surface area contributed by atoms with Crippen molar-refractivity contribution >= 4 is 39.1 Å². The average molecular weight is 347 g/mol. The molecule has 1 heterocycles. The number of aromatic nitrogens is 1. The number of aliphatic hydroxyl groups excluding tert-OH is 1. The van der Waals surface area contributed by atoms with E-state index in [-0.39, 0.29) is 0 Å². The van der Waals surface area contributed by atoms with Crippen molar-refractivity contribution < 1.29 is 5.11 Å². The molecule has 0 aliphatic rings. The first-order valence-electron chi connectivity index (χ1n) is 5.28. The first-order chi connectivity index (χ1) is 8.56. The molecule has 1 atom stereocenters. The van der Waals surface area contributed by atoms with Crippen molar-refractivity contribution in [3.05, 3.63) is 62.3 Å². The molecule has 2 nitrogen and oxygen atoms in total. The van der Waals surface area contributed by atoms with Gasteiger partial charge in [-0.05, 0) is 39.7 Å². The molecule has 0 aliphatic carbocycles. The van der Waals surface area contributed by atoms with Crippen molar-refractivity contribution in [2.75, 3.05) is 0 Å². The fourth-order valence-corrected chi connectivity index (χ4v) is 2.32. The second-order valence-electron chi connectivity index (χ2n) is 3.90. The van der Waals surface area contributed by atoms with Crippen molar-refractivity contribution in [3.8, 4) is 0 Å². The van der Waals surface area contributed by atoms with E-state index in [0.29, 0.717) is 16.5 Å². The Morgan fingerprint density at radius 3 is 2.61 bits per heavy atom. The van der Waals surface area contributed by atoms with Gasteiger partial charge < -0.3 is 5.11 Å². The molecule has 0 fully saturated rings. The van der Waals surface area contributed by atoms with Gasteiger partial charge in [0.1, 0.15) is 0 Å². The highest BCUT2D eigenvalue weighted by Gasteiger charge is 2.10. The number of rotatable bonds is 3. The van der Waals surface area contributed by atoms with Gasteiger partial charge in [-0.25, -0.2) is 0 Å². The lowest BCUT2D eigenvalue weighted by Crippen LogP contribution is -2.02. The van der Waals surface area contributed by atoms with Crippen LogP contribution in [0.1, 0.15) is 17.2 Å². The zero-order valence-electron chi connectivity index (χ0n) is 9.28. The third-order valence-electron chi connectivity index (χ3n) is 2.52. The highest BCUT2D eigenvalue weighted by molar-refractivity contribution is 9.10. The van der Waals surface area contributed by atoms with Crippen LogP contribution in [-0.2, 0) is 6.42 Å². The Labute approximate surface area is 124 Å². The quantitative estimate of drug-likeness (QED) is 0.891. The summed E-state index contributed by atoms with van der Waals surface area (Å²) < 4.78 is 0.841. The van der Waals surface area contributed by atoms with E-state index < -0.39 is 6.10 Å². The van der Waals surface area contributed by atoms with Crippen LogP contribution in [0.2, 0.25) is 10.0 Å². The normalized spacial score (nSPS) is 12.4. The molecule has 94 valence electrons. The Morgan fingerprint density at radius 1 is 1.17 bits per heavy atom. The lowest BCUT2D eigenvalue weighted by atomic mass is 10.0. The Hall–Kier alpha value is -0.610. The van der Waals surface area contributed by atoms with Crippen LogP contribution in [0.3, 0.4) is 0 Å². The van der Waals surface area contributed by atoms with Gasteiger partial charge in [0.05, 0.1) is 16.1 Å². The van der Waals surface area contributed by atoms with Crippen LogP contribution in [0, 0.1) is 0 Å². The van der Waals surface area contributed by atoms with E-state index in [4.69, 9.17) is 23.2 Å². The van der Waals surface area contributed by atoms with Crippen molar-refractivity contribution in [2.45, 2.75) is 12.5 Å². The summed E-state index contributed by atoms with van der Waals surface area (Å²) in [4.78, 5) is 4.02. The minimum absolute atomic E-state index is 0.467. The molecular formula is C13H10BrCl2NO. The maximum Gasteiger partial charge on any atom is 0.0845 e. The van der Waals surface area contributed by atoms with Gasteiger partial charge in [-0.1, -0.05) is 29.3 Å². The molecule has 0 spiro atoms. The fourth-order valence-electron chi connectivity index (χ4n) is 1.62. The molecule has 2 aromatic rings. The van der Waals surface area contributed by atoms with Crippen LogP contribution in [0.25, 0.3) is 0 Å². The van der Waals surface area contributed by atoms with Gasteiger partial charge >= 0.3 is 0 Å². The topological polar surface area (TPSA) is 33.1 Å². The van der Waals surface area contributed by atoms with Crippen molar-refractivity contribution in [3.63, 3.8) is 0 Å². The molecule has 0 radical (unpaired) electrons. The van der Waals surface area contributed by atoms with Gasteiger partial charge in [0.2, 0.25) is 0 Å². The Kier molecular flexibility index (Phi) is 4.62. The van der Waals surface area contributed by atoms with Crippen LogP contribution in [0.15, 0.2) is 41.1 Å². The van der Waals surface area contributed by atoms with E-state index in [1.807, 2.05) is 12.1 Å². The molecule has 5 heteroatoms. The highest BCUT2D eigenvalue weighted by Crippen LogP contribution is 2.26. The summed E-state index contributed by atoms with van der Waals surface area (Å²) in [6.07, 6.45) is 3.17. The van der Waals surface area contributed by atoms with E-state index in [1.165, 1.54) is 0 Å². The molecule has 1 N–H and O–H groups in total. The van der Waals surface area contributed by atoms with E-state index in [0.717, 1.165) is 15.6 Å². The van der Waals surface area contributed by atoms with Crippen LogP contribution in [0.4, 0.5) is 0 Å².